The smallest absolute Gasteiger partial charge is 0.328 e. The van der Waals surface area contributed by atoms with E-state index in [9.17, 15) is 19.2 Å². The van der Waals surface area contributed by atoms with Crippen molar-refractivity contribution in [2.75, 3.05) is 6.54 Å². The molecule has 2 N–H and O–H groups in total. The van der Waals surface area contributed by atoms with Crippen LogP contribution in [0, 0.1) is 0 Å². The standard InChI is InChI=1S/C18H23N5O4/c1-4-7-23-16(25)12(20-17(23)26)9-15(24)19-10-11-5-6-13-14(8-11)22(3)18(27)21(13)2/h5-6,8,12H,4,7,9-10H2,1-3H3,(H,19,24)(H,20,26)/t12-/m1/s1. The molecule has 1 aromatic heterocycles. The van der Waals surface area contributed by atoms with E-state index < -0.39 is 12.1 Å². The Kier molecular flexibility index (Phi) is 5.02. The van der Waals surface area contributed by atoms with Crippen molar-refractivity contribution in [1.82, 2.24) is 24.7 Å². The minimum absolute atomic E-state index is 0.100. The molecule has 0 unspecified atom stereocenters. The molecule has 1 aromatic carbocycles. The summed E-state index contributed by atoms with van der Waals surface area (Å²) in [5, 5.41) is 5.30. The maximum absolute atomic E-state index is 12.2. The van der Waals surface area contributed by atoms with Gasteiger partial charge in [-0.1, -0.05) is 13.0 Å². The number of nitrogens with zero attached hydrogens (tertiary/aromatic N) is 3. The number of hydrogen-bond donors (Lipinski definition) is 2. The highest BCUT2D eigenvalue weighted by Crippen LogP contribution is 2.14. The van der Waals surface area contributed by atoms with Gasteiger partial charge in [-0.2, -0.15) is 0 Å². The molecule has 9 nitrogen and oxygen atoms in total. The summed E-state index contributed by atoms with van der Waals surface area (Å²) in [6.45, 7) is 2.49. The molecule has 1 fully saturated rings. The summed E-state index contributed by atoms with van der Waals surface area (Å²) in [6.07, 6.45) is 0.569. The fraction of sp³-hybridized carbons (Fsp3) is 0.444. The fourth-order valence-corrected chi connectivity index (χ4v) is 3.27. The monoisotopic (exact) mass is 373 g/mol. The molecule has 27 heavy (non-hydrogen) atoms. The lowest BCUT2D eigenvalue weighted by atomic mass is 10.1. The molecule has 2 heterocycles. The molecule has 0 spiro atoms. The van der Waals surface area contributed by atoms with Crippen LogP contribution >= 0.6 is 0 Å². The Labute approximate surface area is 155 Å². The number of benzene rings is 1. The zero-order valence-corrected chi connectivity index (χ0v) is 15.6. The molecular formula is C18H23N5O4. The Bertz CT molecular complexity index is 974. The molecule has 3 rings (SSSR count). The second-order valence-electron chi connectivity index (χ2n) is 6.70. The first-order chi connectivity index (χ1) is 12.8. The Balaban J connectivity index is 1.62. The molecule has 9 heteroatoms. The van der Waals surface area contributed by atoms with Crippen molar-refractivity contribution in [3.63, 3.8) is 0 Å². The number of aryl methyl sites for hydroxylation is 2. The first-order valence-electron chi connectivity index (χ1n) is 8.86. The molecule has 1 aliphatic heterocycles. The first-order valence-corrected chi connectivity index (χ1v) is 8.86. The van der Waals surface area contributed by atoms with Crippen LogP contribution in [0.3, 0.4) is 0 Å². The van der Waals surface area contributed by atoms with Gasteiger partial charge in [-0.3, -0.25) is 23.6 Å². The number of rotatable bonds is 6. The first kappa shape index (κ1) is 18.7. The van der Waals surface area contributed by atoms with Gasteiger partial charge in [-0.15, -0.1) is 0 Å². The summed E-state index contributed by atoms with van der Waals surface area (Å²) in [7, 11) is 3.41. The van der Waals surface area contributed by atoms with Gasteiger partial charge in [0.2, 0.25) is 5.91 Å². The van der Waals surface area contributed by atoms with Gasteiger partial charge in [0.05, 0.1) is 17.5 Å². The Morgan fingerprint density at radius 3 is 2.56 bits per heavy atom. The molecule has 1 aliphatic rings. The summed E-state index contributed by atoms with van der Waals surface area (Å²) in [6, 6.07) is 4.26. The van der Waals surface area contributed by atoms with Gasteiger partial charge in [-0.25, -0.2) is 9.59 Å². The summed E-state index contributed by atoms with van der Waals surface area (Å²) >= 11 is 0. The normalized spacial score (nSPS) is 16.9. The van der Waals surface area contributed by atoms with E-state index in [4.69, 9.17) is 0 Å². The summed E-state index contributed by atoms with van der Waals surface area (Å²) < 4.78 is 3.11. The Morgan fingerprint density at radius 2 is 1.85 bits per heavy atom. The van der Waals surface area contributed by atoms with Gasteiger partial charge in [-0.05, 0) is 24.1 Å². The van der Waals surface area contributed by atoms with E-state index in [0.29, 0.717) is 13.0 Å². The van der Waals surface area contributed by atoms with Crippen molar-refractivity contribution in [2.24, 2.45) is 14.1 Å². The molecular weight excluding hydrogens is 350 g/mol. The maximum atomic E-state index is 12.2. The quantitative estimate of drug-likeness (QED) is 0.706. The lowest BCUT2D eigenvalue weighted by Gasteiger charge is -2.11. The topological polar surface area (TPSA) is 105 Å². The van der Waals surface area contributed by atoms with E-state index in [0.717, 1.165) is 21.5 Å². The van der Waals surface area contributed by atoms with Crippen molar-refractivity contribution < 1.29 is 14.4 Å². The number of amides is 4. The predicted octanol–water partition coefficient (Wildman–Crippen LogP) is 0.214. The number of hydrogen-bond acceptors (Lipinski definition) is 4. The van der Waals surface area contributed by atoms with Crippen LogP contribution in [-0.2, 0) is 30.2 Å². The Hall–Kier alpha value is -3.10. The number of carbonyl (C=O) groups is 3. The van der Waals surface area contributed by atoms with E-state index in [1.807, 2.05) is 25.1 Å². The number of carbonyl (C=O) groups excluding carboxylic acids is 3. The summed E-state index contributed by atoms with van der Waals surface area (Å²) in [5.74, 6) is -0.688. The van der Waals surface area contributed by atoms with E-state index >= 15 is 0 Å². The molecule has 4 amide bonds. The van der Waals surface area contributed by atoms with Gasteiger partial charge < -0.3 is 10.6 Å². The van der Waals surface area contributed by atoms with Crippen LogP contribution in [0.1, 0.15) is 25.3 Å². The van der Waals surface area contributed by atoms with E-state index in [2.05, 4.69) is 10.6 Å². The summed E-state index contributed by atoms with van der Waals surface area (Å²) in [4.78, 5) is 49.2. The molecule has 0 aliphatic carbocycles. The van der Waals surface area contributed by atoms with Crippen LogP contribution in [-0.4, -0.2) is 44.5 Å². The molecule has 0 saturated carbocycles. The highest BCUT2D eigenvalue weighted by atomic mass is 16.2. The maximum Gasteiger partial charge on any atom is 0.328 e. The molecule has 1 atom stereocenters. The van der Waals surface area contributed by atoms with Crippen molar-refractivity contribution >= 4 is 28.9 Å². The average molecular weight is 373 g/mol. The Morgan fingerprint density at radius 1 is 1.15 bits per heavy atom. The van der Waals surface area contributed by atoms with Crippen LogP contribution in [0.2, 0.25) is 0 Å². The zero-order valence-electron chi connectivity index (χ0n) is 15.6. The number of aromatic nitrogens is 2. The van der Waals surface area contributed by atoms with Crippen molar-refractivity contribution in [3.8, 4) is 0 Å². The van der Waals surface area contributed by atoms with Gasteiger partial charge in [0.25, 0.3) is 5.91 Å². The van der Waals surface area contributed by atoms with Crippen molar-refractivity contribution in [2.45, 2.75) is 32.4 Å². The fourth-order valence-electron chi connectivity index (χ4n) is 3.27. The minimum atomic E-state index is -0.818. The summed E-state index contributed by atoms with van der Waals surface area (Å²) in [5.41, 5.74) is 2.32. The van der Waals surface area contributed by atoms with Crippen LogP contribution in [0.4, 0.5) is 4.79 Å². The van der Waals surface area contributed by atoms with Crippen molar-refractivity contribution in [1.29, 1.82) is 0 Å². The van der Waals surface area contributed by atoms with E-state index in [1.165, 1.54) is 0 Å². The predicted molar refractivity (Wildman–Crippen MR) is 98.9 cm³/mol. The van der Waals surface area contributed by atoms with Crippen LogP contribution in [0.5, 0.6) is 0 Å². The lowest BCUT2D eigenvalue weighted by molar-refractivity contribution is -0.130. The third-order valence-corrected chi connectivity index (χ3v) is 4.77. The van der Waals surface area contributed by atoms with Crippen LogP contribution in [0.25, 0.3) is 11.0 Å². The highest BCUT2D eigenvalue weighted by molar-refractivity contribution is 6.05. The number of nitrogens with one attached hydrogen (secondary N) is 2. The third kappa shape index (κ3) is 3.44. The molecule has 144 valence electrons. The van der Waals surface area contributed by atoms with E-state index in [-0.39, 0.29) is 30.5 Å². The molecule has 1 saturated heterocycles. The largest absolute Gasteiger partial charge is 0.352 e. The van der Waals surface area contributed by atoms with Gasteiger partial charge in [0.1, 0.15) is 6.04 Å². The number of imidazole rings is 1. The number of imide groups is 1. The second kappa shape index (κ2) is 7.26. The minimum Gasteiger partial charge on any atom is -0.352 e. The highest BCUT2D eigenvalue weighted by Gasteiger charge is 2.38. The lowest BCUT2D eigenvalue weighted by Crippen LogP contribution is -2.36. The van der Waals surface area contributed by atoms with Crippen LogP contribution < -0.4 is 16.3 Å². The van der Waals surface area contributed by atoms with Gasteiger partial charge >= 0.3 is 11.7 Å². The van der Waals surface area contributed by atoms with Crippen molar-refractivity contribution in [3.05, 3.63) is 34.2 Å². The van der Waals surface area contributed by atoms with Gasteiger partial charge in [0, 0.05) is 27.2 Å². The van der Waals surface area contributed by atoms with E-state index in [1.54, 1.807) is 23.2 Å². The molecule has 0 radical (unpaired) electrons. The average Bonchev–Trinajstić information content (AvgIpc) is 3.03. The number of urea groups is 1. The van der Waals surface area contributed by atoms with Gasteiger partial charge in [0.15, 0.2) is 0 Å². The molecule has 0 bridgehead atoms. The number of fused-ring (bicyclic) bond motifs is 1. The second-order valence-corrected chi connectivity index (χ2v) is 6.70. The zero-order chi connectivity index (χ0) is 19.7. The van der Waals surface area contributed by atoms with Crippen LogP contribution in [0.15, 0.2) is 23.0 Å². The molecule has 2 aromatic rings. The third-order valence-electron chi connectivity index (χ3n) is 4.77. The SMILES string of the molecule is CCCN1C(=O)N[C@H](CC(=O)NCc2ccc3c(c2)n(C)c(=O)n3C)C1=O.